The van der Waals surface area contributed by atoms with Gasteiger partial charge in [0.2, 0.25) is 11.8 Å². The van der Waals surface area contributed by atoms with Crippen LogP contribution in [0.1, 0.15) is 90.4 Å². The predicted octanol–water partition coefficient (Wildman–Crippen LogP) is 3.26. The summed E-state index contributed by atoms with van der Waals surface area (Å²) < 4.78 is 0. The number of unbranched alkanes of at least 4 members (excludes halogenated alkanes) is 9. The largest absolute Gasteiger partial charge is 0.480 e. The lowest BCUT2D eigenvalue weighted by molar-refractivity contribution is -0.138. The standard InChI is InChI=1S/C16H27NO2.C6H14N2O2/c1-2-3-4-5-6-7-8-9-10-11-12-14-13-15(18)17-16(14)19;7-4-2-1-3-5(8)6(9)10/h11-12,14H,2-10,13H2,1H3,(H,17,18,19);5H,1-4,7-8H2,(H,9,10)/t;5-/m.0/s1. The molecule has 1 rings (SSSR count). The molecule has 1 unspecified atom stereocenters. The number of allylic oxidation sites excluding steroid dienone is 1. The minimum Gasteiger partial charge on any atom is -0.480 e. The van der Waals surface area contributed by atoms with Crippen molar-refractivity contribution in [2.45, 2.75) is 96.4 Å². The zero-order chi connectivity index (χ0) is 21.9. The first kappa shape index (κ1) is 27.3. The summed E-state index contributed by atoms with van der Waals surface area (Å²) >= 11 is 0. The van der Waals surface area contributed by atoms with E-state index in [0.29, 0.717) is 19.4 Å². The van der Waals surface area contributed by atoms with Gasteiger partial charge in [-0.25, -0.2) is 0 Å². The topological polar surface area (TPSA) is 136 Å². The minimum absolute atomic E-state index is 0.142. The highest BCUT2D eigenvalue weighted by Gasteiger charge is 2.27. The van der Waals surface area contributed by atoms with Crippen LogP contribution in [0, 0.1) is 5.92 Å². The van der Waals surface area contributed by atoms with Crippen molar-refractivity contribution in [1.29, 1.82) is 0 Å². The molecule has 1 aliphatic rings. The third-order valence-electron chi connectivity index (χ3n) is 4.88. The van der Waals surface area contributed by atoms with Crippen LogP contribution in [0.2, 0.25) is 0 Å². The molecule has 0 spiro atoms. The molecule has 0 radical (unpaired) electrons. The van der Waals surface area contributed by atoms with Crippen LogP contribution in [0.4, 0.5) is 0 Å². The summed E-state index contributed by atoms with van der Waals surface area (Å²) in [5.74, 6) is -1.44. The summed E-state index contributed by atoms with van der Waals surface area (Å²) in [5, 5.41) is 10.6. The Balaban J connectivity index is 0.000000665. The summed E-state index contributed by atoms with van der Waals surface area (Å²) in [6, 6.07) is -0.716. The SMILES string of the molecule is CCCCCCCCCCC=CC1CC(=O)NC1=O.NCCCC[C@H](N)C(=O)O. The van der Waals surface area contributed by atoms with Gasteiger partial charge in [-0.3, -0.25) is 19.7 Å². The predicted molar refractivity (Wildman–Crippen MR) is 116 cm³/mol. The molecule has 0 aromatic carbocycles. The second kappa shape index (κ2) is 18.3. The summed E-state index contributed by atoms with van der Waals surface area (Å²) in [7, 11) is 0. The molecule has 0 saturated carbocycles. The molecule has 168 valence electrons. The van der Waals surface area contributed by atoms with E-state index in [1.54, 1.807) is 0 Å². The number of aliphatic carboxylic acids is 1. The Bertz CT molecular complexity index is 494. The highest BCUT2D eigenvalue weighted by atomic mass is 16.4. The van der Waals surface area contributed by atoms with Crippen molar-refractivity contribution in [3.05, 3.63) is 12.2 Å². The van der Waals surface area contributed by atoms with Crippen molar-refractivity contribution in [2.24, 2.45) is 17.4 Å². The summed E-state index contributed by atoms with van der Waals surface area (Å²) in [6.07, 6.45) is 18.0. The van der Waals surface area contributed by atoms with Gasteiger partial charge in [0.15, 0.2) is 0 Å². The highest BCUT2D eigenvalue weighted by molar-refractivity contribution is 6.04. The number of rotatable bonds is 15. The molecule has 1 fully saturated rings. The number of nitrogens with two attached hydrogens (primary N) is 2. The molecule has 0 bridgehead atoms. The fourth-order valence-electron chi connectivity index (χ4n) is 3.02. The molecule has 7 nitrogen and oxygen atoms in total. The zero-order valence-electron chi connectivity index (χ0n) is 18.0. The zero-order valence-corrected chi connectivity index (χ0v) is 18.0. The van der Waals surface area contributed by atoms with E-state index >= 15 is 0 Å². The normalized spacial score (nSPS) is 17.1. The molecular weight excluding hydrogens is 370 g/mol. The molecule has 1 saturated heterocycles. The Morgan fingerprint density at radius 3 is 2.24 bits per heavy atom. The van der Waals surface area contributed by atoms with Gasteiger partial charge in [-0.05, 0) is 32.2 Å². The highest BCUT2D eigenvalue weighted by Crippen LogP contribution is 2.14. The van der Waals surface area contributed by atoms with E-state index in [4.69, 9.17) is 16.6 Å². The summed E-state index contributed by atoms with van der Waals surface area (Å²) in [5.41, 5.74) is 10.4. The lowest BCUT2D eigenvalue weighted by Crippen LogP contribution is -2.29. The molecular formula is C22H41N3O4. The molecule has 29 heavy (non-hydrogen) atoms. The first-order chi connectivity index (χ1) is 13.9. The van der Waals surface area contributed by atoms with Crippen molar-refractivity contribution >= 4 is 17.8 Å². The van der Waals surface area contributed by atoms with Crippen LogP contribution in [0.15, 0.2) is 12.2 Å². The van der Waals surface area contributed by atoms with Gasteiger partial charge in [-0.15, -0.1) is 0 Å². The lowest BCUT2D eigenvalue weighted by atomic mass is 10.0. The van der Waals surface area contributed by atoms with Crippen LogP contribution < -0.4 is 16.8 Å². The van der Waals surface area contributed by atoms with Crippen molar-refractivity contribution < 1.29 is 19.5 Å². The van der Waals surface area contributed by atoms with E-state index in [0.717, 1.165) is 19.3 Å². The van der Waals surface area contributed by atoms with Crippen molar-refractivity contribution in [2.75, 3.05) is 6.54 Å². The number of carboxylic acid groups (broad SMARTS) is 1. The number of carbonyl (C=O) groups is 3. The Morgan fingerprint density at radius 1 is 1.10 bits per heavy atom. The third-order valence-corrected chi connectivity index (χ3v) is 4.88. The van der Waals surface area contributed by atoms with E-state index in [2.05, 4.69) is 18.3 Å². The molecule has 1 heterocycles. The first-order valence-electron chi connectivity index (χ1n) is 11.1. The van der Waals surface area contributed by atoms with Crippen LogP contribution in [0.5, 0.6) is 0 Å². The third kappa shape index (κ3) is 15.8. The van der Waals surface area contributed by atoms with E-state index in [9.17, 15) is 14.4 Å². The second-order valence-electron chi connectivity index (χ2n) is 7.64. The van der Waals surface area contributed by atoms with Crippen molar-refractivity contribution in [1.82, 2.24) is 5.32 Å². The van der Waals surface area contributed by atoms with Gasteiger partial charge in [-0.2, -0.15) is 0 Å². The molecule has 0 aromatic rings. The quantitative estimate of drug-likeness (QED) is 0.185. The average Bonchev–Trinajstić information content (AvgIpc) is 3.01. The number of carbonyl (C=O) groups excluding carboxylic acids is 2. The van der Waals surface area contributed by atoms with Gasteiger partial charge in [0.1, 0.15) is 6.04 Å². The number of imide groups is 1. The molecule has 0 aliphatic carbocycles. The molecule has 0 aromatic heterocycles. The van der Waals surface area contributed by atoms with Crippen LogP contribution in [-0.2, 0) is 14.4 Å². The van der Waals surface area contributed by atoms with Gasteiger partial charge < -0.3 is 16.6 Å². The van der Waals surface area contributed by atoms with E-state index in [1.165, 1.54) is 51.4 Å². The van der Waals surface area contributed by atoms with Crippen molar-refractivity contribution in [3.8, 4) is 0 Å². The number of nitrogens with one attached hydrogen (secondary N) is 1. The maximum Gasteiger partial charge on any atom is 0.320 e. The molecule has 6 N–H and O–H groups in total. The summed E-state index contributed by atoms with van der Waals surface area (Å²) in [4.78, 5) is 32.4. The Labute approximate surface area is 175 Å². The van der Waals surface area contributed by atoms with E-state index < -0.39 is 12.0 Å². The summed E-state index contributed by atoms with van der Waals surface area (Å²) in [6.45, 7) is 2.84. The maximum absolute atomic E-state index is 11.3. The van der Waals surface area contributed by atoms with Crippen LogP contribution in [-0.4, -0.2) is 35.5 Å². The van der Waals surface area contributed by atoms with Gasteiger partial charge in [0.05, 0.1) is 5.92 Å². The average molecular weight is 412 g/mol. The fourth-order valence-corrected chi connectivity index (χ4v) is 3.02. The van der Waals surface area contributed by atoms with Gasteiger partial charge in [0, 0.05) is 6.42 Å². The fraction of sp³-hybridized carbons (Fsp3) is 0.773. The first-order valence-corrected chi connectivity index (χ1v) is 11.1. The molecule has 2 atom stereocenters. The van der Waals surface area contributed by atoms with Gasteiger partial charge in [-0.1, -0.05) is 70.4 Å². The second-order valence-corrected chi connectivity index (χ2v) is 7.64. The van der Waals surface area contributed by atoms with Gasteiger partial charge >= 0.3 is 5.97 Å². The maximum atomic E-state index is 11.3. The molecule has 7 heteroatoms. The van der Waals surface area contributed by atoms with Crippen LogP contribution in [0.3, 0.4) is 0 Å². The molecule has 2 amide bonds. The minimum atomic E-state index is -0.933. The smallest absolute Gasteiger partial charge is 0.320 e. The number of carboxylic acids is 1. The Kier molecular flexibility index (Phi) is 17.2. The number of amides is 2. The van der Waals surface area contributed by atoms with E-state index in [-0.39, 0.29) is 17.7 Å². The Morgan fingerprint density at radius 2 is 1.72 bits per heavy atom. The Hall–Kier alpha value is -1.73. The van der Waals surface area contributed by atoms with Gasteiger partial charge in [0.25, 0.3) is 0 Å². The van der Waals surface area contributed by atoms with E-state index in [1.807, 2.05) is 6.08 Å². The number of hydrogen-bond acceptors (Lipinski definition) is 5. The lowest BCUT2D eigenvalue weighted by Gasteiger charge is -2.03. The monoisotopic (exact) mass is 411 g/mol. The molecule has 1 aliphatic heterocycles. The number of hydrogen-bond donors (Lipinski definition) is 4. The van der Waals surface area contributed by atoms with Crippen LogP contribution >= 0.6 is 0 Å². The van der Waals surface area contributed by atoms with Crippen LogP contribution in [0.25, 0.3) is 0 Å². The van der Waals surface area contributed by atoms with Crippen molar-refractivity contribution in [3.63, 3.8) is 0 Å².